The summed E-state index contributed by atoms with van der Waals surface area (Å²) < 4.78 is 0. The third-order valence-corrected chi connectivity index (χ3v) is 2.80. The van der Waals surface area contributed by atoms with Crippen molar-refractivity contribution < 1.29 is 0 Å². The predicted octanol–water partition coefficient (Wildman–Crippen LogP) is 4.96. The first kappa shape index (κ1) is 12.0. The zero-order chi connectivity index (χ0) is 10.9. The van der Waals surface area contributed by atoms with Gasteiger partial charge in [-0.25, -0.2) is 0 Å². The van der Waals surface area contributed by atoms with Gasteiger partial charge in [-0.1, -0.05) is 35.5 Å². The van der Waals surface area contributed by atoms with E-state index in [0.717, 1.165) is 12.8 Å². The van der Waals surface area contributed by atoms with E-state index in [1.54, 1.807) is 5.57 Å². The third-order valence-electron chi connectivity index (χ3n) is 2.80. The van der Waals surface area contributed by atoms with E-state index in [4.69, 9.17) is 0 Å². The molecule has 0 N–H and O–H groups in total. The molecule has 0 fully saturated rings. The second-order valence-electron chi connectivity index (χ2n) is 4.15. The monoisotopic (exact) mass is 202 g/mol. The van der Waals surface area contributed by atoms with Crippen molar-refractivity contribution in [1.82, 2.24) is 0 Å². The standard InChI is InChI=1S/C15H22/c1-3-5-7-9-14-11-12-15(13-14)10-8-6-4-2/h3-4,11,13H,1-2,5-10,12H2. The van der Waals surface area contributed by atoms with Gasteiger partial charge in [0.2, 0.25) is 0 Å². The van der Waals surface area contributed by atoms with Crippen LogP contribution < -0.4 is 0 Å². The molecule has 0 heterocycles. The van der Waals surface area contributed by atoms with Crippen LogP contribution in [0.3, 0.4) is 0 Å². The van der Waals surface area contributed by atoms with Gasteiger partial charge in [-0.05, 0) is 44.9 Å². The van der Waals surface area contributed by atoms with Crippen LogP contribution in [0.2, 0.25) is 0 Å². The van der Waals surface area contributed by atoms with Crippen LogP contribution >= 0.6 is 0 Å². The van der Waals surface area contributed by atoms with Gasteiger partial charge in [0, 0.05) is 0 Å². The largest absolute Gasteiger partial charge is 0.103 e. The highest BCUT2D eigenvalue weighted by Gasteiger charge is 2.05. The lowest BCUT2D eigenvalue weighted by Gasteiger charge is -1.99. The molecule has 0 aliphatic heterocycles. The van der Waals surface area contributed by atoms with Crippen molar-refractivity contribution in [2.45, 2.75) is 44.9 Å². The summed E-state index contributed by atoms with van der Waals surface area (Å²) >= 11 is 0. The second kappa shape index (κ2) is 7.28. The highest BCUT2D eigenvalue weighted by atomic mass is 14.1. The smallest absolute Gasteiger partial charge is 0.0130 e. The Hall–Kier alpha value is -1.04. The van der Waals surface area contributed by atoms with E-state index in [-0.39, 0.29) is 0 Å². The number of hydrogen-bond donors (Lipinski definition) is 0. The van der Waals surface area contributed by atoms with Gasteiger partial charge in [-0.15, -0.1) is 13.2 Å². The molecule has 0 heteroatoms. The van der Waals surface area contributed by atoms with Crippen molar-refractivity contribution in [1.29, 1.82) is 0 Å². The maximum Gasteiger partial charge on any atom is -0.0130 e. The Morgan fingerprint density at radius 1 is 1.07 bits per heavy atom. The van der Waals surface area contributed by atoms with Gasteiger partial charge in [0.05, 0.1) is 0 Å². The second-order valence-corrected chi connectivity index (χ2v) is 4.15. The SMILES string of the molecule is C=CCCCC1=CCC(CCCC=C)=C1. The zero-order valence-electron chi connectivity index (χ0n) is 9.67. The average molecular weight is 202 g/mol. The quantitative estimate of drug-likeness (QED) is 0.385. The van der Waals surface area contributed by atoms with E-state index in [1.165, 1.54) is 37.7 Å². The predicted molar refractivity (Wildman–Crippen MR) is 68.9 cm³/mol. The fraction of sp³-hybridized carbons (Fsp3) is 0.467. The van der Waals surface area contributed by atoms with Gasteiger partial charge in [0.25, 0.3) is 0 Å². The highest BCUT2D eigenvalue weighted by Crippen LogP contribution is 2.25. The summed E-state index contributed by atoms with van der Waals surface area (Å²) in [6.07, 6.45) is 17.2. The van der Waals surface area contributed by atoms with E-state index in [0.29, 0.717) is 0 Å². The molecule has 0 nitrogen and oxygen atoms in total. The molecule has 0 saturated heterocycles. The van der Waals surface area contributed by atoms with Gasteiger partial charge >= 0.3 is 0 Å². The minimum Gasteiger partial charge on any atom is -0.103 e. The minimum absolute atomic E-state index is 1.14. The molecule has 1 aliphatic rings. The van der Waals surface area contributed by atoms with Crippen LogP contribution in [-0.4, -0.2) is 0 Å². The Morgan fingerprint density at radius 3 is 2.40 bits per heavy atom. The normalized spacial score (nSPS) is 14.7. The molecule has 0 aromatic carbocycles. The van der Waals surface area contributed by atoms with Crippen molar-refractivity contribution in [3.63, 3.8) is 0 Å². The summed E-state index contributed by atoms with van der Waals surface area (Å²) in [7, 11) is 0. The maximum atomic E-state index is 3.75. The first-order valence-electron chi connectivity index (χ1n) is 5.97. The van der Waals surface area contributed by atoms with Crippen molar-refractivity contribution in [2.24, 2.45) is 0 Å². The van der Waals surface area contributed by atoms with Crippen LogP contribution in [0.5, 0.6) is 0 Å². The van der Waals surface area contributed by atoms with Gasteiger partial charge in [-0.3, -0.25) is 0 Å². The lowest BCUT2D eigenvalue weighted by Crippen LogP contribution is -1.79. The number of unbranched alkanes of at least 4 members (excludes halogenated alkanes) is 2. The molecule has 0 amide bonds. The molecular weight excluding hydrogens is 180 g/mol. The summed E-state index contributed by atoms with van der Waals surface area (Å²) in [6.45, 7) is 7.49. The first-order valence-corrected chi connectivity index (χ1v) is 5.97. The molecule has 0 spiro atoms. The van der Waals surface area contributed by atoms with E-state index >= 15 is 0 Å². The Labute approximate surface area is 94.1 Å². The van der Waals surface area contributed by atoms with Gasteiger partial charge in [0.1, 0.15) is 0 Å². The summed E-state index contributed by atoms with van der Waals surface area (Å²) in [5.41, 5.74) is 3.14. The topological polar surface area (TPSA) is 0 Å². The molecule has 15 heavy (non-hydrogen) atoms. The number of allylic oxidation sites excluding steroid dienone is 6. The van der Waals surface area contributed by atoms with E-state index in [2.05, 4.69) is 25.3 Å². The number of hydrogen-bond acceptors (Lipinski definition) is 0. The van der Waals surface area contributed by atoms with Crippen molar-refractivity contribution in [3.05, 3.63) is 48.6 Å². The minimum atomic E-state index is 1.14. The third kappa shape index (κ3) is 4.83. The molecule has 0 bridgehead atoms. The highest BCUT2D eigenvalue weighted by molar-refractivity contribution is 5.32. The molecule has 0 unspecified atom stereocenters. The molecule has 0 saturated carbocycles. The molecule has 0 atom stereocenters. The Kier molecular flexibility index (Phi) is 5.84. The summed E-state index contributed by atoms with van der Waals surface area (Å²) in [6, 6.07) is 0. The van der Waals surface area contributed by atoms with Crippen LogP contribution in [0, 0.1) is 0 Å². The molecule has 0 radical (unpaired) electrons. The van der Waals surface area contributed by atoms with Gasteiger partial charge < -0.3 is 0 Å². The molecular formula is C15H22. The zero-order valence-corrected chi connectivity index (χ0v) is 9.67. The fourth-order valence-corrected chi connectivity index (χ4v) is 1.91. The fourth-order valence-electron chi connectivity index (χ4n) is 1.91. The maximum absolute atomic E-state index is 3.75. The van der Waals surface area contributed by atoms with Crippen LogP contribution in [0.25, 0.3) is 0 Å². The first-order chi connectivity index (χ1) is 7.36. The van der Waals surface area contributed by atoms with E-state index in [1.807, 2.05) is 12.2 Å². The van der Waals surface area contributed by atoms with Gasteiger partial charge in [-0.2, -0.15) is 0 Å². The van der Waals surface area contributed by atoms with Crippen LogP contribution in [-0.2, 0) is 0 Å². The molecule has 0 aromatic heterocycles. The molecule has 1 aliphatic carbocycles. The molecule has 82 valence electrons. The van der Waals surface area contributed by atoms with E-state index in [9.17, 15) is 0 Å². The lowest BCUT2D eigenvalue weighted by molar-refractivity contribution is 0.821. The van der Waals surface area contributed by atoms with Gasteiger partial charge in [0.15, 0.2) is 0 Å². The van der Waals surface area contributed by atoms with Crippen LogP contribution in [0.15, 0.2) is 48.6 Å². The van der Waals surface area contributed by atoms with E-state index < -0.39 is 0 Å². The van der Waals surface area contributed by atoms with Crippen molar-refractivity contribution in [3.8, 4) is 0 Å². The summed E-state index contributed by atoms with van der Waals surface area (Å²) in [5, 5.41) is 0. The molecule has 0 aromatic rings. The van der Waals surface area contributed by atoms with Crippen molar-refractivity contribution >= 4 is 0 Å². The Bertz CT molecular complexity index is 266. The van der Waals surface area contributed by atoms with Crippen LogP contribution in [0.1, 0.15) is 44.9 Å². The number of rotatable bonds is 8. The summed E-state index contributed by atoms with van der Waals surface area (Å²) in [4.78, 5) is 0. The molecule has 1 rings (SSSR count). The summed E-state index contributed by atoms with van der Waals surface area (Å²) in [5.74, 6) is 0. The average Bonchev–Trinajstić information content (AvgIpc) is 2.67. The Morgan fingerprint density at radius 2 is 1.73 bits per heavy atom. The lowest BCUT2D eigenvalue weighted by atomic mass is 10.1. The van der Waals surface area contributed by atoms with Crippen molar-refractivity contribution in [2.75, 3.05) is 0 Å². The van der Waals surface area contributed by atoms with Crippen LogP contribution in [0.4, 0.5) is 0 Å². The Balaban J connectivity index is 2.19.